The minimum absolute atomic E-state index is 0.144. The fourth-order valence-corrected chi connectivity index (χ4v) is 1.10. The Bertz CT molecular complexity index is 375. The molecule has 1 aromatic carbocycles. The van der Waals surface area contributed by atoms with E-state index in [1.165, 1.54) is 31.3 Å². The van der Waals surface area contributed by atoms with Crippen LogP contribution in [0.15, 0.2) is 24.3 Å². The van der Waals surface area contributed by atoms with Crippen molar-refractivity contribution in [3.05, 3.63) is 35.6 Å². The van der Waals surface area contributed by atoms with E-state index in [2.05, 4.69) is 0 Å². The molecule has 4 nitrogen and oxygen atoms in total. The van der Waals surface area contributed by atoms with Crippen molar-refractivity contribution in [3.63, 3.8) is 0 Å². The molecule has 0 spiro atoms. The molecular weight excluding hydrogens is 201 g/mol. The molecule has 0 aromatic heterocycles. The molecule has 0 heterocycles. The summed E-state index contributed by atoms with van der Waals surface area (Å²) in [5, 5.41) is 8.42. The van der Waals surface area contributed by atoms with Gasteiger partial charge < -0.3 is 10.0 Å². The van der Waals surface area contributed by atoms with E-state index in [1.54, 1.807) is 0 Å². The zero-order chi connectivity index (χ0) is 11.4. The summed E-state index contributed by atoms with van der Waals surface area (Å²) in [6.07, 6.45) is 0. The first kappa shape index (κ1) is 11.2. The molecule has 0 saturated heterocycles. The van der Waals surface area contributed by atoms with E-state index in [1.807, 2.05) is 0 Å². The average molecular weight is 211 g/mol. The molecule has 0 atom stereocenters. The molecule has 0 radical (unpaired) electrons. The Morgan fingerprint density at radius 3 is 2.33 bits per heavy atom. The second-order valence-corrected chi connectivity index (χ2v) is 3.09. The zero-order valence-electron chi connectivity index (χ0n) is 8.11. The Labute approximate surface area is 85.9 Å². The molecule has 0 unspecified atom stereocenters. The summed E-state index contributed by atoms with van der Waals surface area (Å²) < 4.78 is 12.5. The van der Waals surface area contributed by atoms with Crippen LogP contribution in [0.5, 0.6) is 0 Å². The van der Waals surface area contributed by atoms with Crippen molar-refractivity contribution < 1.29 is 19.1 Å². The molecule has 1 rings (SSSR count). The number of carbonyl (C=O) groups excluding carboxylic acids is 1. The van der Waals surface area contributed by atoms with Gasteiger partial charge in [0.2, 0.25) is 0 Å². The lowest BCUT2D eigenvalue weighted by molar-refractivity contribution is -0.155. The summed E-state index contributed by atoms with van der Waals surface area (Å²) in [6, 6.07) is 5.52. The molecule has 1 amide bonds. The maximum atomic E-state index is 12.5. The Morgan fingerprint density at radius 1 is 1.33 bits per heavy atom. The lowest BCUT2D eigenvalue weighted by Crippen LogP contribution is -2.32. The van der Waals surface area contributed by atoms with Crippen LogP contribution < -0.4 is 0 Å². The van der Waals surface area contributed by atoms with Crippen molar-refractivity contribution in [2.75, 3.05) is 7.05 Å². The van der Waals surface area contributed by atoms with Gasteiger partial charge in [0.05, 0.1) is 0 Å². The van der Waals surface area contributed by atoms with E-state index in [4.69, 9.17) is 5.11 Å². The highest BCUT2D eigenvalue weighted by molar-refractivity contribution is 6.31. The molecule has 5 heteroatoms. The van der Waals surface area contributed by atoms with Crippen molar-refractivity contribution >= 4 is 11.9 Å². The number of rotatable bonds is 2. The number of hydrogen-bond acceptors (Lipinski definition) is 2. The summed E-state index contributed by atoms with van der Waals surface area (Å²) >= 11 is 0. The Morgan fingerprint density at radius 2 is 1.87 bits per heavy atom. The minimum Gasteiger partial charge on any atom is -0.474 e. The maximum Gasteiger partial charge on any atom is 0.394 e. The number of carboxylic acid groups (broad SMARTS) is 1. The minimum atomic E-state index is -1.50. The topological polar surface area (TPSA) is 57.6 Å². The van der Waals surface area contributed by atoms with Gasteiger partial charge in [0.15, 0.2) is 0 Å². The van der Waals surface area contributed by atoms with E-state index in [9.17, 15) is 14.0 Å². The SMILES string of the molecule is CN(Cc1ccc(F)cc1)C(=O)C(=O)O. The molecular formula is C10H10FNO3. The number of halogens is 1. The molecule has 80 valence electrons. The van der Waals surface area contributed by atoms with Crippen LogP contribution in [0, 0.1) is 5.82 Å². The molecule has 0 saturated carbocycles. The van der Waals surface area contributed by atoms with E-state index >= 15 is 0 Å². The van der Waals surface area contributed by atoms with E-state index in [0.717, 1.165) is 4.90 Å². The number of carbonyl (C=O) groups is 2. The van der Waals surface area contributed by atoms with Gasteiger partial charge in [-0.3, -0.25) is 4.79 Å². The summed E-state index contributed by atoms with van der Waals surface area (Å²) in [5.41, 5.74) is 0.675. The van der Waals surface area contributed by atoms with Gasteiger partial charge in [-0.05, 0) is 17.7 Å². The van der Waals surface area contributed by atoms with Gasteiger partial charge in [-0.2, -0.15) is 0 Å². The lowest BCUT2D eigenvalue weighted by Gasteiger charge is -2.14. The van der Waals surface area contributed by atoms with Crippen LogP contribution >= 0.6 is 0 Å². The van der Waals surface area contributed by atoms with Crippen LogP contribution in [-0.2, 0) is 16.1 Å². The third-order valence-corrected chi connectivity index (χ3v) is 1.86. The monoisotopic (exact) mass is 211 g/mol. The summed E-state index contributed by atoms with van der Waals surface area (Å²) in [5.74, 6) is -2.86. The number of hydrogen-bond donors (Lipinski definition) is 1. The first-order valence-corrected chi connectivity index (χ1v) is 4.23. The number of likely N-dealkylation sites (N-methyl/N-ethyl adjacent to an activating group) is 1. The second-order valence-electron chi connectivity index (χ2n) is 3.09. The fourth-order valence-electron chi connectivity index (χ4n) is 1.10. The van der Waals surface area contributed by atoms with Crippen LogP contribution in [0.3, 0.4) is 0 Å². The van der Waals surface area contributed by atoms with Gasteiger partial charge >= 0.3 is 11.9 Å². The third-order valence-electron chi connectivity index (χ3n) is 1.86. The molecule has 0 aliphatic rings. The van der Waals surface area contributed by atoms with Gasteiger partial charge in [-0.1, -0.05) is 12.1 Å². The molecule has 0 fully saturated rings. The normalized spacial score (nSPS) is 9.73. The van der Waals surface area contributed by atoms with Crippen molar-refractivity contribution in [2.24, 2.45) is 0 Å². The molecule has 0 bridgehead atoms. The van der Waals surface area contributed by atoms with Gasteiger partial charge in [0.1, 0.15) is 5.82 Å². The van der Waals surface area contributed by atoms with Crippen LogP contribution in [-0.4, -0.2) is 28.9 Å². The Hall–Kier alpha value is -1.91. The molecule has 1 aromatic rings. The van der Waals surface area contributed by atoms with E-state index in [0.29, 0.717) is 5.56 Å². The summed E-state index contributed by atoms with van der Waals surface area (Å²) in [4.78, 5) is 22.4. The number of benzene rings is 1. The van der Waals surface area contributed by atoms with Crippen LogP contribution in [0.4, 0.5) is 4.39 Å². The standard InChI is InChI=1S/C10H10FNO3/c1-12(9(13)10(14)15)6-7-2-4-8(11)5-3-7/h2-5H,6H2,1H3,(H,14,15). The van der Waals surface area contributed by atoms with Gasteiger partial charge in [0.25, 0.3) is 0 Å². The highest BCUT2D eigenvalue weighted by Crippen LogP contribution is 2.05. The number of nitrogens with zero attached hydrogens (tertiary/aromatic N) is 1. The summed E-state index contributed by atoms with van der Waals surface area (Å²) in [7, 11) is 1.37. The number of aliphatic carboxylic acids is 1. The third kappa shape index (κ3) is 3.05. The maximum absolute atomic E-state index is 12.5. The van der Waals surface area contributed by atoms with Gasteiger partial charge in [-0.25, -0.2) is 9.18 Å². The predicted molar refractivity (Wildman–Crippen MR) is 50.5 cm³/mol. The number of amides is 1. The van der Waals surface area contributed by atoms with Gasteiger partial charge in [-0.15, -0.1) is 0 Å². The van der Waals surface area contributed by atoms with Crippen LogP contribution in [0.1, 0.15) is 5.56 Å². The van der Waals surface area contributed by atoms with Crippen LogP contribution in [0.2, 0.25) is 0 Å². The quantitative estimate of drug-likeness (QED) is 0.738. The van der Waals surface area contributed by atoms with Crippen molar-refractivity contribution in [1.82, 2.24) is 4.90 Å². The lowest BCUT2D eigenvalue weighted by atomic mass is 10.2. The smallest absolute Gasteiger partial charge is 0.394 e. The molecule has 15 heavy (non-hydrogen) atoms. The first-order chi connectivity index (χ1) is 7.00. The second kappa shape index (κ2) is 4.54. The zero-order valence-corrected chi connectivity index (χ0v) is 8.11. The predicted octanol–water partition coefficient (Wildman–Crippen LogP) is 0.869. The van der Waals surface area contributed by atoms with Crippen molar-refractivity contribution in [2.45, 2.75) is 6.54 Å². The fraction of sp³-hybridized carbons (Fsp3) is 0.200. The largest absolute Gasteiger partial charge is 0.474 e. The summed E-state index contributed by atoms with van der Waals surface area (Å²) in [6.45, 7) is 0.144. The Kier molecular flexibility index (Phi) is 3.38. The highest BCUT2D eigenvalue weighted by atomic mass is 19.1. The molecule has 0 aliphatic carbocycles. The van der Waals surface area contributed by atoms with E-state index in [-0.39, 0.29) is 12.4 Å². The Balaban J connectivity index is 2.66. The number of carboxylic acids is 1. The van der Waals surface area contributed by atoms with Crippen molar-refractivity contribution in [1.29, 1.82) is 0 Å². The van der Waals surface area contributed by atoms with Gasteiger partial charge in [0, 0.05) is 13.6 Å². The van der Waals surface area contributed by atoms with Crippen molar-refractivity contribution in [3.8, 4) is 0 Å². The average Bonchev–Trinajstić information content (AvgIpc) is 2.20. The molecule has 0 aliphatic heterocycles. The first-order valence-electron chi connectivity index (χ1n) is 4.23. The molecule has 1 N–H and O–H groups in total. The van der Waals surface area contributed by atoms with Crippen LogP contribution in [0.25, 0.3) is 0 Å². The van der Waals surface area contributed by atoms with E-state index < -0.39 is 11.9 Å². The highest BCUT2D eigenvalue weighted by Gasteiger charge is 2.16.